The van der Waals surface area contributed by atoms with Crippen molar-refractivity contribution in [1.82, 2.24) is 15.1 Å². The predicted octanol–water partition coefficient (Wildman–Crippen LogP) is -0.0493. The summed E-state index contributed by atoms with van der Waals surface area (Å²) in [6, 6.07) is -0.131. The number of hydrogen-bond donors (Lipinski definition) is 2. The number of urea groups is 1. The number of carboxylic acids is 1. The minimum Gasteiger partial charge on any atom is -0.480 e. The molecule has 2 rings (SSSR count). The van der Waals surface area contributed by atoms with Crippen LogP contribution in [-0.4, -0.2) is 65.2 Å². The van der Waals surface area contributed by atoms with E-state index in [-0.39, 0.29) is 6.03 Å². The lowest BCUT2D eigenvalue weighted by Crippen LogP contribution is -2.58. The molecule has 2 saturated heterocycles. The zero-order valence-electron chi connectivity index (χ0n) is 10.1. The molecule has 6 heteroatoms. The zero-order valence-corrected chi connectivity index (χ0v) is 10.1. The maximum atomic E-state index is 12.3. The van der Waals surface area contributed by atoms with Gasteiger partial charge in [-0.2, -0.15) is 0 Å². The second-order valence-electron chi connectivity index (χ2n) is 4.85. The van der Waals surface area contributed by atoms with Crippen LogP contribution in [-0.2, 0) is 4.79 Å². The number of nitrogens with one attached hydrogen (secondary N) is 1. The van der Waals surface area contributed by atoms with Crippen LogP contribution in [0.25, 0.3) is 0 Å². The lowest BCUT2D eigenvalue weighted by Gasteiger charge is -2.37. The normalized spacial score (nSPS) is 29.5. The molecule has 2 aliphatic rings. The summed E-state index contributed by atoms with van der Waals surface area (Å²) in [6.07, 6.45) is 1.31. The zero-order chi connectivity index (χ0) is 12.5. The van der Waals surface area contributed by atoms with Gasteiger partial charge in [-0.15, -0.1) is 0 Å². The topological polar surface area (TPSA) is 72.9 Å². The Morgan fingerprint density at radius 3 is 2.47 bits per heavy atom. The number of carbonyl (C=O) groups excluding carboxylic acids is 1. The number of rotatable bonds is 1. The van der Waals surface area contributed by atoms with Gasteiger partial charge < -0.3 is 20.2 Å². The van der Waals surface area contributed by atoms with Crippen molar-refractivity contribution < 1.29 is 14.7 Å². The molecule has 6 nitrogen and oxygen atoms in total. The molecule has 2 amide bonds. The lowest BCUT2D eigenvalue weighted by atomic mass is 10.00. The third-order valence-corrected chi connectivity index (χ3v) is 3.72. The molecule has 96 valence electrons. The number of nitrogens with zero attached hydrogens (tertiary/aromatic N) is 2. The van der Waals surface area contributed by atoms with Crippen molar-refractivity contribution in [2.75, 3.05) is 32.7 Å². The number of carboxylic acid groups (broad SMARTS) is 1. The first-order valence-corrected chi connectivity index (χ1v) is 6.06. The molecule has 2 aliphatic heterocycles. The van der Waals surface area contributed by atoms with Crippen LogP contribution >= 0.6 is 0 Å². The molecule has 1 unspecified atom stereocenters. The van der Waals surface area contributed by atoms with E-state index in [0.717, 1.165) is 19.5 Å². The minimum atomic E-state index is -1.03. The van der Waals surface area contributed by atoms with Gasteiger partial charge >= 0.3 is 12.0 Å². The van der Waals surface area contributed by atoms with Gasteiger partial charge in [-0.05, 0) is 19.8 Å². The van der Waals surface area contributed by atoms with Gasteiger partial charge in [-0.1, -0.05) is 0 Å². The van der Waals surface area contributed by atoms with E-state index in [1.54, 1.807) is 11.8 Å². The summed E-state index contributed by atoms with van der Waals surface area (Å²) >= 11 is 0. The summed E-state index contributed by atoms with van der Waals surface area (Å²) in [5.74, 6) is -0.904. The first-order chi connectivity index (χ1) is 8.05. The molecule has 0 aromatic carbocycles. The summed E-state index contributed by atoms with van der Waals surface area (Å²) in [4.78, 5) is 26.8. The molecular formula is C11H19N3O3. The van der Waals surface area contributed by atoms with Gasteiger partial charge in [0, 0.05) is 32.7 Å². The van der Waals surface area contributed by atoms with Crippen molar-refractivity contribution in [3.05, 3.63) is 0 Å². The van der Waals surface area contributed by atoms with Crippen LogP contribution < -0.4 is 5.32 Å². The molecule has 0 bridgehead atoms. The van der Waals surface area contributed by atoms with Crippen LogP contribution in [0.4, 0.5) is 4.79 Å². The molecule has 2 heterocycles. The standard InChI is InChI=1S/C11H19N3O3/c1-11(9(15)16)3-2-6-14(11)10(17)13-7-4-12-5-8-13/h12H,2-8H2,1H3,(H,15,16). The Hall–Kier alpha value is -1.30. The van der Waals surface area contributed by atoms with Crippen LogP contribution in [0, 0.1) is 0 Å². The van der Waals surface area contributed by atoms with Gasteiger partial charge in [0.25, 0.3) is 0 Å². The van der Waals surface area contributed by atoms with E-state index in [2.05, 4.69) is 5.32 Å². The number of hydrogen-bond acceptors (Lipinski definition) is 3. The highest BCUT2D eigenvalue weighted by atomic mass is 16.4. The van der Waals surface area contributed by atoms with Crippen molar-refractivity contribution in [2.45, 2.75) is 25.3 Å². The van der Waals surface area contributed by atoms with E-state index in [9.17, 15) is 14.7 Å². The Balaban J connectivity index is 2.10. The highest BCUT2D eigenvalue weighted by Crippen LogP contribution is 2.30. The average molecular weight is 241 g/mol. The lowest BCUT2D eigenvalue weighted by molar-refractivity contribution is -0.147. The first-order valence-electron chi connectivity index (χ1n) is 6.06. The molecule has 0 aromatic heterocycles. The average Bonchev–Trinajstić information content (AvgIpc) is 2.73. The van der Waals surface area contributed by atoms with Gasteiger partial charge in [0.2, 0.25) is 0 Å². The SMILES string of the molecule is CC1(C(=O)O)CCCN1C(=O)N1CCNCC1. The molecule has 2 fully saturated rings. The molecular weight excluding hydrogens is 222 g/mol. The van der Waals surface area contributed by atoms with Crippen LogP contribution in [0.3, 0.4) is 0 Å². The second-order valence-corrected chi connectivity index (χ2v) is 4.85. The number of amides is 2. The molecule has 0 radical (unpaired) electrons. The van der Waals surface area contributed by atoms with Crippen molar-refractivity contribution in [1.29, 1.82) is 0 Å². The summed E-state index contributed by atoms with van der Waals surface area (Å²) in [5, 5.41) is 12.4. The van der Waals surface area contributed by atoms with E-state index < -0.39 is 11.5 Å². The summed E-state index contributed by atoms with van der Waals surface area (Å²) in [5.41, 5.74) is -1.03. The van der Waals surface area contributed by atoms with Crippen LogP contribution in [0.5, 0.6) is 0 Å². The van der Waals surface area contributed by atoms with Gasteiger partial charge in [-0.3, -0.25) is 0 Å². The molecule has 2 N–H and O–H groups in total. The smallest absolute Gasteiger partial charge is 0.329 e. The first kappa shape index (κ1) is 12.2. The van der Waals surface area contributed by atoms with Crippen molar-refractivity contribution in [3.63, 3.8) is 0 Å². The Bertz CT molecular complexity index is 328. The molecule has 1 atom stereocenters. The number of piperazine rings is 1. The van der Waals surface area contributed by atoms with Gasteiger partial charge in [0.05, 0.1) is 0 Å². The number of carbonyl (C=O) groups is 2. The maximum Gasteiger partial charge on any atom is 0.329 e. The van der Waals surface area contributed by atoms with E-state index in [4.69, 9.17) is 0 Å². The largest absolute Gasteiger partial charge is 0.480 e. The van der Waals surface area contributed by atoms with Crippen molar-refractivity contribution in [3.8, 4) is 0 Å². The van der Waals surface area contributed by atoms with Gasteiger partial charge in [0.1, 0.15) is 5.54 Å². The highest BCUT2D eigenvalue weighted by Gasteiger charge is 2.47. The fraction of sp³-hybridized carbons (Fsp3) is 0.818. The molecule has 0 aromatic rings. The highest BCUT2D eigenvalue weighted by molar-refractivity contribution is 5.86. The predicted molar refractivity (Wildman–Crippen MR) is 61.8 cm³/mol. The van der Waals surface area contributed by atoms with Gasteiger partial charge in [0.15, 0.2) is 0 Å². The molecule has 0 saturated carbocycles. The van der Waals surface area contributed by atoms with E-state index in [0.29, 0.717) is 26.1 Å². The molecule has 17 heavy (non-hydrogen) atoms. The van der Waals surface area contributed by atoms with E-state index >= 15 is 0 Å². The summed E-state index contributed by atoms with van der Waals surface area (Å²) in [7, 11) is 0. The third kappa shape index (κ3) is 2.09. The van der Waals surface area contributed by atoms with Gasteiger partial charge in [-0.25, -0.2) is 9.59 Å². The Labute approximate surface area is 101 Å². The van der Waals surface area contributed by atoms with Crippen LogP contribution in [0.2, 0.25) is 0 Å². The van der Waals surface area contributed by atoms with Crippen molar-refractivity contribution >= 4 is 12.0 Å². The fourth-order valence-corrected chi connectivity index (χ4v) is 2.52. The minimum absolute atomic E-state index is 0.131. The molecule has 0 spiro atoms. The summed E-state index contributed by atoms with van der Waals surface area (Å²) in [6.45, 7) is 5.07. The second kappa shape index (κ2) is 4.52. The Morgan fingerprint density at radius 1 is 1.24 bits per heavy atom. The summed E-state index contributed by atoms with van der Waals surface area (Å²) < 4.78 is 0. The Kier molecular flexibility index (Phi) is 3.24. The fourth-order valence-electron chi connectivity index (χ4n) is 2.52. The Morgan fingerprint density at radius 2 is 1.88 bits per heavy atom. The number of aliphatic carboxylic acids is 1. The quantitative estimate of drug-likeness (QED) is 0.675. The third-order valence-electron chi connectivity index (χ3n) is 3.72. The maximum absolute atomic E-state index is 12.3. The van der Waals surface area contributed by atoms with E-state index in [1.165, 1.54) is 4.90 Å². The monoisotopic (exact) mass is 241 g/mol. The molecule has 0 aliphatic carbocycles. The number of likely N-dealkylation sites (tertiary alicyclic amines) is 1. The van der Waals surface area contributed by atoms with Crippen LogP contribution in [0.1, 0.15) is 19.8 Å². The van der Waals surface area contributed by atoms with Crippen molar-refractivity contribution in [2.24, 2.45) is 0 Å². The van der Waals surface area contributed by atoms with Crippen LogP contribution in [0.15, 0.2) is 0 Å². The van der Waals surface area contributed by atoms with E-state index in [1.807, 2.05) is 0 Å².